The Balaban J connectivity index is 2.14. The quantitative estimate of drug-likeness (QED) is 0.781. The monoisotopic (exact) mass is 392 g/mol. The molecular formula is C20H19F3N2O3. The average Bonchev–Trinajstić information content (AvgIpc) is 2.65. The number of carbonyl (C=O) groups excluding carboxylic acids is 2. The normalized spacial score (nSPS) is 11.4. The van der Waals surface area contributed by atoms with E-state index in [1.54, 1.807) is 26.2 Å². The number of hydrogen-bond acceptors (Lipinski definition) is 3. The molecule has 2 amide bonds. The summed E-state index contributed by atoms with van der Waals surface area (Å²) in [5.74, 6) is -0.391. The van der Waals surface area contributed by atoms with Gasteiger partial charge in [-0.2, -0.15) is 13.2 Å². The molecule has 0 atom stereocenters. The molecule has 0 saturated carbocycles. The lowest BCUT2D eigenvalue weighted by Crippen LogP contribution is -2.22. The summed E-state index contributed by atoms with van der Waals surface area (Å²) in [5, 5.41) is 2.60. The fourth-order valence-corrected chi connectivity index (χ4v) is 2.33. The number of rotatable bonds is 5. The number of halogens is 3. The van der Waals surface area contributed by atoms with Crippen LogP contribution in [-0.2, 0) is 11.0 Å². The molecule has 0 bridgehead atoms. The first-order valence-electron chi connectivity index (χ1n) is 8.18. The molecule has 2 aromatic carbocycles. The maximum Gasteiger partial charge on any atom is 0.416 e. The van der Waals surface area contributed by atoms with E-state index < -0.39 is 17.6 Å². The van der Waals surface area contributed by atoms with Crippen LogP contribution in [0.4, 0.5) is 18.9 Å². The fraction of sp³-hybridized carbons (Fsp3) is 0.200. The van der Waals surface area contributed by atoms with Crippen molar-refractivity contribution in [2.45, 2.75) is 6.18 Å². The second-order valence-corrected chi connectivity index (χ2v) is 6.06. The summed E-state index contributed by atoms with van der Waals surface area (Å²) in [4.78, 5) is 25.6. The average molecular weight is 392 g/mol. The van der Waals surface area contributed by atoms with Crippen LogP contribution in [0.5, 0.6) is 5.75 Å². The van der Waals surface area contributed by atoms with Crippen LogP contribution in [0.2, 0.25) is 0 Å². The molecule has 2 aromatic rings. The summed E-state index contributed by atoms with van der Waals surface area (Å²) in [6.07, 6.45) is -1.84. The highest BCUT2D eigenvalue weighted by Gasteiger charge is 2.29. The molecule has 0 aliphatic heterocycles. The SMILES string of the molecule is COc1ccc(C(=O)N(C)C)cc1NC(=O)/C=C/c1ccc(C(F)(F)F)cc1. The Morgan fingerprint density at radius 1 is 1.07 bits per heavy atom. The first kappa shape index (κ1) is 21.0. The van der Waals surface area contributed by atoms with Crippen molar-refractivity contribution in [1.82, 2.24) is 4.90 Å². The molecule has 2 rings (SSSR count). The summed E-state index contributed by atoms with van der Waals surface area (Å²) < 4.78 is 42.9. The maximum atomic E-state index is 12.6. The Morgan fingerprint density at radius 2 is 1.71 bits per heavy atom. The third kappa shape index (κ3) is 5.35. The molecule has 28 heavy (non-hydrogen) atoms. The molecule has 0 fully saturated rings. The standard InChI is InChI=1S/C20H19F3N2O3/c1-25(2)19(27)14-7-10-17(28-3)16(12-14)24-18(26)11-6-13-4-8-15(9-5-13)20(21,22)23/h4-12H,1-3H3,(H,24,26)/b11-6+. The zero-order chi connectivity index (χ0) is 20.9. The molecular weight excluding hydrogens is 373 g/mol. The van der Waals surface area contributed by atoms with Gasteiger partial charge in [0.1, 0.15) is 5.75 Å². The van der Waals surface area contributed by atoms with Gasteiger partial charge in [-0.1, -0.05) is 12.1 Å². The first-order chi connectivity index (χ1) is 13.1. The van der Waals surface area contributed by atoms with Gasteiger partial charge in [-0.15, -0.1) is 0 Å². The molecule has 0 heterocycles. The van der Waals surface area contributed by atoms with Gasteiger partial charge in [0, 0.05) is 25.7 Å². The van der Waals surface area contributed by atoms with E-state index in [-0.39, 0.29) is 5.91 Å². The predicted molar refractivity (Wildman–Crippen MR) is 100 cm³/mol. The lowest BCUT2D eigenvalue weighted by Gasteiger charge is -2.14. The summed E-state index contributed by atoms with van der Waals surface area (Å²) in [7, 11) is 4.64. The van der Waals surface area contributed by atoms with Gasteiger partial charge in [0.2, 0.25) is 5.91 Å². The molecule has 0 spiro atoms. The van der Waals surface area contributed by atoms with Crippen LogP contribution in [0, 0.1) is 0 Å². The maximum absolute atomic E-state index is 12.6. The molecule has 0 aliphatic rings. The van der Waals surface area contributed by atoms with Gasteiger partial charge in [-0.25, -0.2) is 0 Å². The smallest absolute Gasteiger partial charge is 0.416 e. The van der Waals surface area contributed by atoms with E-state index in [0.29, 0.717) is 22.6 Å². The lowest BCUT2D eigenvalue weighted by molar-refractivity contribution is -0.137. The van der Waals surface area contributed by atoms with Crippen LogP contribution in [0.15, 0.2) is 48.5 Å². The van der Waals surface area contributed by atoms with Crippen molar-refractivity contribution in [3.63, 3.8) is 0 Å². The van der Waals surface area contributed by atoms with E-state index in [0.717, 1.165) is 12.1 Å². The van der Waals surface area contributed by atoms with Gasteiger partial charge in [0.05, 0.1) is 18.4 Å². The van der Waals surface area contributed by atoms with Crippen molar-refractivity contribution in [1.29, 1.82) is 0 Å². The summed E-state index contributed by atoms with van der Waals surface area (Å²) in [6.45, 7) is 0. The van der Waals surface area contributed by atoms with Crippen LogP contribution in [-0.4, -0.2) is 37.9 Å². The number of nitrogens with zero attached hydrogens (tertiary/aromatic N) is 1. The van der Waals surface area contributed by atoms with E-state index in [1.807, 2.05) is 0 Å². The highest BCUT2D eigenvalue weighted by molar-refractivity contribution is 6.04. The summed E-state index contributed by atoms with van der Waals surface area (Å²) in [5.41, 5.74) is 0.345. The van der Waals surface area contributed by atoms with Crippen molar-refractivity contribution >= 4 is 23.6 Å². The van der Waals surface area contributed by atoms with Crippen molar-refractivity contribution < 1.29 is 27.5 Å². The van der Waals surface area contributed by atoms with E-state index in [4.69, 9.17) is 4.74 Å². The number of methoxy groups -OCH3 is 1. The van der Waals surface area contributed by atoms with Gasteiger partial charge < -0.3 is 15.0 Å². The van der Waals surface area contributed by atoms with E-state index in [1.165, 1.54) is 42.4 Å². The van der Waals surface area contributed by atoms with Crippen LogP contribution in [0.3, 0.4) is 0 Å². The number of ether oxygens (including phenoxy) is 1. The van der Waals surface area contributed by atoms with Crippen molar-refractivity contribution in [3.05, 3.63) is 65.2 Å². The largest absolute Gasteiger partial charge is 0.495 e. The van der Waals surface area contributed by atoms with Crippen molar-refractivity contribution in [3.8, 4) is 5.75 Å². The summed E-state index contributed by atoms with van der Waals surface area (Å²) in [6, 6.07) is 9.05. The van der Waals surface area contributed by atoms with Crippen molar-refractivity contribution in [2.24, 2.45) is 0 Å². The minimum absolute atomic E-state index is 0.238. The van der Waals surface area contributed by atoms with E-state index in [2.05, 4.69) is 5.32 Å². The fourth-order valence-electron chi connectivity index (χ4n) is 2.33. The Bertz CT molecular complexity index is 889. The Kier molecular flexibility index (Phi) is 6.45. The Labute approximate surface area is 160 Å². The van der Waals surface area contributed by atoms with E-state index >= 15 is 0 Å². The molecule has 0 aromatic heterocycles. The number of nitrogens with one attached hydrogen (secondary N) is 1. The van der Waals surface area contributed by atoms with E-state index in [9.17, 15) is 22.8 Å². The number of benzene rings is 2. The second-order valence-electron chi connectivity index (χ2n) is 6.06. The minimum Gasteiger partial charge on any atom is -0.495 e. The highest BCUT2D eigenvalue weighted by Crippen LogP contribution is 2.29. The zero-order valence-corrected chi connectivity index (χ0v) is 15.5. The van der Waals surface area contributed by atoms with Gasteiger partial charge >= 0.3 is 6.18 Å². The number of anilines is 1. The Morgan fingerprint density at radius 3 is 2.25 bits per heavy atom. The number of carbonyl (C=O) groups is 2. The molecule has 148 valence electrons. The van der Waals surface area contributed by atoms with Crippen molar-refractivity contribution in [2.75, 3.05) is 26.5 Å². The molecule has 0 saturated heterocycles. The second kappa shape index (κ2) is 8.60. The van der Waals surface area contributed by atoms with Crippen LogP contribution in [0.25, 0.3) is 6.08 Å². The third-order valence-corrected chi connectivity index (χ3v) is 3.78. The van der Waals surface area contributed by atoms with Crippen LogP contribution >= 0.6 is 0 Å². The number of hydrogen-bond donors (Lipinski definition) is 1. The third-order valence-electron chi connectivity index (χ3n) is 3.78. The van der Waals surface area contributed by atoms with Gasteiger partial charge in [-0.3, -0.25) is 9.59 Å². The minimum atomic E-state index is -4.41. The molecule has 0 unspecified atom stereocenters. The molecule has 1 N–H and O–H groups in total. The predicted octanol–water partition coefficient (Wildman–Crippen LogP) is 4.07. The summed E-state index contributed by atoms with van der Waals surface area (Å²) >= 11 is 0. The van der Waals surface area contributed by atoms with Gasteiger partial charge in [-0.05, 0) is 42.0 Å². The zero-order valence-electron chi connectivity index (χ0n) is 15.5. The first-order valence-corrected chi connectivity index (χ1v) is 8.18. The number of amides is 2. The number of alkyl halides is 3. The van der Waals surface area contributed by atoms with Crippen LogP contribution < -0.4 is 10.1 Å². The van der Waals surface area contributed by atoms with Gasteiger partial charge in [0.25, 0.3) is 5.91 Å². The highest BCUT2D eigenvalue weighted by atomic mass is 19.4. The molecule has 8 heteroatoms. The Hall–Kier alpha value is -3.29. The molecule has 0 aliphatic carbocycles. The lowest BCUT2D eigenvalue weighted by atomic mass is 10.1. The van der Waals surface area contributed by atoms with Gasteiger partial charge in [0.15, 0.2) is 0 Å². The topological polar surface area (TPSA) is 58.6 Å². The molecule has 0 radical (unpaired) electrons. The molecule has 5 nitrogen and oxygen atoms in total. The van der Waals surface area contributed by atoms with Crippen LogP contribution in [0.1, 0.15) is 21.5 Å².